The smallest absolute Gasteiger partial charge is 0.330 e. The van der Waals surface area contributed by atoms with E-state index in [1.54, 1.807) is 11.3 Å². The van der Waals surface area contributed by atoms with Crippen LogP contribution in [-0.2, 0) is 0 Å². The molecule has 3 N–H and O–H groups in total. The van der Waals surface area contributed by atoms with Gasteiger partial charge in [0.1, 0.15) is 27.1 Å². The summed E-state index contributed by atoms with van der Waals surface area (Å²) in [6.07, 6.45) is 1.63. The summed E-state index contributed by atoms with van der Waals surface area (Å²) in [5.74, 6) is 0.152. The molecule has 3 heterocycles. The molecular weight excluding hydrogens is 398 g/mol. The van der Waals surface area contributed by atoms with Gasteiger partial charge in [-0.3, -0.25) is 19.1 Å². The predicted molar refractivity (Wildman–Crippen MR) is 111 cm³/mol. The molecule has 0 bridgehead atoms. The van der Waals surface area contributed by atoms with Crippen LogP contribution in [0.4, 0.5) is 5.82 Å². The van der Waals surface area contributed by atoms with Crippen LogP contribution in [0.15, 0.2) is 14.6 Å². The number of fused-ring (bicyclic) bond motifs is 1. The number of ketones is 1. The largest absolute Gasteiger partial charge is 0.384 e. The number of hydrogen-bond donors (Lipinski definition) is 2. The Balaban J connectivity index is 1.68. The van der Waals surface area contributed by atoms with E-state index in [1.165, 1.54) is 16.3 Å². The Morgan fingerprint density at radius 1 is 1.29 bits per heavy atom. The quantitative estimate of drug-likeness (QED) is 0.371. The summed E-state index contributed by atoms with van der Waals surface area (Å²) in [7, 11) is 0. The van der Waals surface area contributed by atoms with E-state index in [1.807, 2.05) is 20.8 Å². The number of nitrogens with two attached hydrogens (primary N) is 1. The van der Waals surface area contributed by atoms with Crippen molar-refractivity contribution in [3.8, 4) is 0 Å². The lowest BCUT2D eigenvalue weighted by Gasteiger charge is -2.11. The van der Waals surface area contributed by atoms with Gasteiger partial charge in [0.05, 0.1) is 5.75 Å². The van der Waals surface area contributed by atoms with Crippen molar-refractivity contribution in [2.75, 3.05) is 11.5 Å². The Labute approximate surface area is 168 Å². The molecule has 0 spiro atoms. The van der Waals surface area contributed by atoms with Crippen molar-refractivity contribution in [1.82, 2.24) is 19.5 Å². The highest BCUT2D eigenvalue weighted by molar-refractivity contribution is 8.00. The molecule has 4 rings (SSSR count). The summed E-state index contributed by atoms with van der Waals surface area (Å²) in [4.78, 5) is 50.3. The molecule has 3 aromatic rings. The molecule has 0 aromatic carbocycles. The van der Waals surface area contributed by atoms with E-state index in [-0.39, 0.29) is 23.2 Å². The van der Waals surface area contributed by atoms with E-state index < -0.39 is 17.0 Å². The highest BCUT2D eigenvalue weighted by atomic mass is 32.2. The number of aromatic nitrogens is 4. The third kappa shape index (κ3) is 3.16. The third-order valence-electron chi connectivity index (χ3n) is 4.82. The van der Waals surface area contributed by atoms with Gasteiger partial charge >= 0.3 is 5.69 Å². The van der Waals surface area contributed by atoms with E-state index in [4.69, 9.17) is 5.73 Å². The van der Waals surface area contributed by atoms with Gasteiger partial charge in [0.25, 0.3) is 5.56 Å². The van der Waals surface area contributed by atoms with Crippen molar-refractivity contribution in [2.45, 2.75) is 44.7 Å². The van der Waals surface area contributed by atoms with Crippen LogP contribution < -0.4 is 17.0 Å². The number of carbonyl (C=O) groups is 1. The summed E-state index contributed by atoms with van der Waals surface area (Å²) in [6, 6.07) is -0.0378. The summed E-state index contributed by atoms with van der Waals surface area (Å²) >= 11 is 2.85. The van der Waals surface area contributed by atoms with Gasteiger partial charge in [-0.05, 0) is 39.2 Å². The molecule has 1 fully saturated rings. The number of rotatable bonds is 5. The number of aryl methyl sites for hydroxylation is 3. The zero-order valence-electron chi connectivity index (χ0n) is 15.7. The van der Waals surface area contributed by atoms with Gasteiger partial charge < -0.3 is 5.73 Å². The second-order valence-corrected chi connectivity index (χ2v) is 9.04. The highest BCUT2D eigenvalue weighted by Crippen LogP contribution is 2.36. The van der Waals surface area contributed by atoms with E-state index in [2.05, 4.69) is 15.0 Å². The van der Waals surface area contributed by atoms with Crippen LogP contribution >= 0.6 is 23.1 Å². The topological polar surface area (TPSA) is 124 Å². The Morgan fingerprint density at radius 3 is 2.68 bits per heavy atom. The molecule has 0 radical (unpaired) electrons. The number of carbonyl (C=O) groups excluding carboxylic acids is 1. The first-order valence-electron chi connectivity index (χ1n) is 8.82. The van der Waals surface area contributed by atoms with Crippen molar-refractivity contribution in [3.63, 3.8) is 0 Å². The van der Waals surface area contributed by atoms with E-state index in [0.717, 1.165) is 33.5 Å². The number of nitrogen functional groups attached to an aromatic ring is 1. The SMILES string of the molecule is Cc1nc(SCC(=O)c2c(N)n(C3CC3)c(=O)[nH]c2=O)c2c(C)c(C)sc2n1. The van der Waals surface area contributed by atoms with Crippen molar-refractivity contribution in [2.24, 2.45) is 0 Å². The summed E-state index contributed by atoms with van der Waals surface area (Å²) in [5.41, 5.74) is 5.66. The van der Waals surface area contributed by atoms with Crippen molar-refractivity contribution < 1.29 is 4.79 Å². The molecule has 10 heteroatoms. The Morgan fingerprint density at radius 2 is 2.00 bits per heavy atom. The maximum atomic E-state index is 12.8. The molecule has 3 aromatic heterocycles. The average molecular weight is 418 g/mol. The minimum Gasteiger partial charge on any atom is -0.384 e. The normalized spacial score (nSPS) is 14.0. The molecule has 0 atom stereocenters. The average Bonchev–Trinajstić information content (AvgIpc) is 3.39. The Hall–Kier alpha value is -2.46. The first-order chi connectivity index (χ1) is 13.3. The zero-order valence-corrected chi connectivity index (χ0v) is 17.3. The third-order valence-corrected chi connectivity index (χ3v) is 6.90. The molecule has 1 aliphatic rings. The molecule has 1 saturated carbocycles. The lowest BCUT2D eigenvalue weighted by Crippen LogP contribution is -2.36. The molecule has 28 heavy (non-hydrogen) atoms. The molecule has 8 nitrogen and oxygen atoms in total. The molecule has 1 aliphatic carbocycles. The van der Waals surface area contributed by atoms with Gasteiger partial charge in [-0.25, -0.2) is 14.8 Å². The van der Waals surface area contributed by atoms with Crippen molar-refractivity contribution in [3.05, 3.63) is 42.7 Å². The first-order valence-corrected chi connectivity index (χ1v) is 10.6. The second kappa shape index (κ2) is 6.85. The van der Waals surface area contributed by atoms with Gasteiger partial charge in [-0.1, -0.05) is 11.8 Å². The zero-order chi connectivity index (χ0) is 20.2. The van der Waals surface area contributed by atoms with Crippen LogP contribution in [0, 0.1) is 20.8 Å². The first kappa shape index (κ1) is 18.9. The Bertz CT molecular complexity index is 1240. The van der Waals surface area contributed by atoms with E-state index in [0.29, 0.717) is 10.9 Å². The molecule has 0 aliphatic heterocycles. The van der Waals surface area contributed by atoms with Gasteiger partial charge in [-0.2, -0.15) is 0 Å². The van der Waals surface area contributed by atoms with Crippen molar-refractivity contribution in [1.29, 1.82) is 0 Å². The van der Waals surface area contributed by atoms with Crippen LogP contribution in [0.1, 0.15) is 45.5 Å². The monoisotopic (exact) mass is 417 g/mol. The fraction of sp³-hybridized carbons (Fsp3) is 0.389. The summed E-state index contributed by atoms with van der Waals surface area (Å²) < 4.78 is 1.32. The van der Waals surface area contributed by atoms with Gasteiger partial charge in [0.2, 0.25) is 0 Å². The summed E-state index contributed by atoms with van der Waals surface area (Å²) in [6.45, 7) is 5.84. The number of aromatic amines is 1. The standard InChI is InChI=1S/C18H19N5O3S2/c1-7-8(2)28-17-12(7)16(20-9(3)21-17)27-6-11(24)13-14(19)23(10-4-5-10)18(26)22-15(13)25/h10H,4-6,19H2,1-3H3,(H,22,25,26). The fourth-order valence-corrected chi connectivity index (χ4v) is 5.30. The van der Waals surface area contributed by atoms with Crippen LogP contribution in [0.5, 0.6) is 0 Å². The maximum absolute atomic E-state index is 12.8. The van der Waals surface area contributed by atoms with Crippen LogP contribution in [0.2, 0.25) is 0 Å². The Kier molecular flexibility index (Phi) is 4.62. The molecule has 0 saturated heterocycles. The van der Waals surface area contributed by atoms with Crippen LogP contribution in [0.25, 0.3) is 10.2 Å². The minimum atomic E-state index is -0.739. The van der Waals surface area contributed by atoms with Crippen LogP contribution in [0.3, 0.4) is 0 Å². The highest BCUT2D eigenvalue weighted by Gasteiger charge is 2.30. The van der Waals surface area contributed by atoms with Gasteiger partial charge in [-0.15, -0.1) is 11.3 Å². The number of anilines is 1. The second-order valence-electron chi connectivity index (χ2n) is 6.87. The predicted octanol–water partition coefficient (Wildman–Crippen LogP) is 2.36. The molecule has 0 unspecified atom stereocenters. The number of hydrogen-bond acceptors (Lipinski definition) is 8. The maximum Gasteiger partial charge on any atom is 0.330 e. The summed E-state index contributed by atoms with van der Waals surface area (Å²) in [5, 5.41) is 1.65. The molecular formula is C18H19N5O3S2. The van der Waals surface area contributed by atoms with E-state index in [9.17, 15) is 14.4 Å². The van der Waals surface area contributed by atoms with Crippen LogP contribution in [-0.4, -0.2) is 31.1 Å². The lowest BCUT2D eigenvalue weighted by atomic mass is 10.2. The number of thiophene rings is 1. The molecule has 0 amide bonds. The number of nitrogens with zero attached hydrogens (tertiary/aromatic N) is 3. The molecule has 146 valence electrons. The van der Waals surface area contributed by atoms with Gasteiger partial charge in [0.15, 0.2) is 5.78 Å². The fourth-order valence-electron chi connectivity index (χ4n) is 3.16. The number of H-pyrrole nitrogens is 1. The minimum absolute atomic E-state index is 0.00393. The van der Waals surface area contributed by atoms with Crippen molar-refractivity contribution >= 4 is 44.9 Å². The lowest BCUT2D eigenvalue weighted by molar-refractivity contribution is 0.102. The number of Topliss-reactive ketones (excluding diaryl/α,β-unsaturated/α-hetero) is 1. The number of nitrogens with one attached hydrogen (secondary N) is 1. The van der Waals surface area contributed by atoms with Gasteiger partial charge in [0, 0.05) is 16.3 Å². The van der Waals surface area contributed by atoms with E-state index >= 15 is 0 Å². The number of thioether (sulfide) groups is 1.